The van der Waals surface area contributed by atoms with Crippen molar-refractivity contribution in [2.45, 2.75) is 12.6 Å². The van der Waals surface area contributed by atoms with Crippen LogP contribution in [0.1, 0.15) is 12.6 Å². The first-order valence-corrected chi connectivity index (χ1v) is 4.27. The molecular formula is C7H11N3O4. The summed E-state index contributed by atoms with van der Waals surface area (Å²) >= 11 is 0. The molecule has 1 aliphatic heterocycles. The highest BCUT2D eigenvalue weighted by molar-refractivity contribution is 4.70. The van der Waals surface area contributed by atoms with E-state index in [4.69, 9.17) is 9.47 Å². The summed E-state index contributed by atoms with van der Waals surface area (Å²) in [6.45, 7) is 0.669. The Balaban J connectivity index is 2.36. The fraction of sp³-hybridized carbons (Fsp3) is 0.714. The van der Waals surface area contributed by atoms with Crippen molar-refractivity contribution in [1.82, 2.24) is 14.3 Å². The number of nitrogens with one attached hydrogen (secondary N) is 1. The van der Waals surface area contributed by atoms with Crippen LogP contribution in [0.25, 0.3) is 0 Å². The summed E-state index contributed by atoms with van der Waals surface area (Å²) in [5, 5.41) is 2.41. The lowest BCUT2D eigenvalue weighted by atomic mass is 10.4. The van der Waals surface area contributed by atoms with Gasteiger partial charge in [0.25, 0.3) is 0 Å². The quantitative estimate of drug-likeness (QED) is 0.617. The van der Waals surface area contributed by atoms with Crippen LogP contribution in [0.3, 0.4) is 0 Å². The average molecular weight is 201 g/mol. The van der Waals surface area contributed by atoms with Crippen LogP contribution >= 0.6 is 0 Å². The first kappa shape index (κ1) is 9.22. The van der Waals surface area contributed by atoms with E-state index >= 15 is 0 Å². The SMILES string of the molecule is Cn1c(=O)[nH]n([C@@H]2CCOCO2)c1=O. The number of hydrogen-bond acceptors (Lipinski definition) is 4. The minimum atomic E-state index is -0.440. The third kappa shape index (κ3) is 1.40. The van der Waals surface area contributed by atoms with Crippen LogP contribution in [0.5, 0.6) is 0 Å². The molecule has 0 saturated carbocycles. The fourth-order valence-electron chi connectivity index (χ4n) is 1.33. The maximum absolute atomic E-state index is 11.5. The molecule has 1 N–H and O–H groups in total. The maximum atomic E-state index is 11.5. The van der Waals surface area contributed by atoms with E-state index in [-0.39, 0.29) is 6.79 Å². The third-order valence-electron chi connectivity index (χ3n) is 2.15. The number of ether oxygens (including phenoxy) is 2. The van der Waals surface area contributed by atoms with E-state index in [1.807, 2.05) is 0 Å². The van der Waals surface area contributed by atoms with Gasteiger partial charge in [0.15, 0.2) is 6.23 Å². The van der Waals surface area contributed by atoms with E-state index in [0.717, 1.165) is 4.57 Å². The molecule has 1 atom stereocenters. The lowest BCUT2D eigenvalue weighted by Crippen LogP contribution is -2.32. The van der Waals surface area contributed by atoms with Gasteiger partial charge in [-0.3, -0.25) is 0 Å². The fourth-order valence-corrected chi connectivity index (χ4v) is 1.33. The molecule has 7 nitrogen and oxygen atoms in total. The summed E-state index contributed by atoms with van der Waals surface area (Å²) in [6.07, 6.45) is 0.130. The van der Waals surface area contributed by atoms with E-state index in [1.54, 1.807) is 0 Å². The predicted octanol–water partition coefficient (Wildman–Crippen LogP) is -1.23. The van der Waals surface area contributed by atoms with Gasteiger partial charge in [0.05, 0.1) is 6.61 Å². The number of nitrogens with zero attached hydrogens (tertiary/aromatic N) is 2. The topological polar surface area (TPSA) is 78.2 Å². The highest BCUT2D eigenvalue weighted by atomic mass is 16.7. The van der Waals surface area contributed by atoms with Crippen LogP contribution < -0.4 is 11.4 Å². The Morgan fingerprint density at radius 1 is 1.50 bits per heavy atom. The van der Waals surface area contributed by atoms with Crippen molar-refractivity contribution in [3.63, 3.8) is 0 Å². The maximum Gasteiger partial charge on any atom is 0.349 e. The van der Waals surface area contributed by atoms with Crippen molar-refractivity contribution in [2.24, 2.45) is 7.05 Å². The zero-order valence-corrected chi connectivity index (χ0v) is 7.73. The summed E-state index contributed by atoms with van der Waals surface area (Å²) in [5.41, 5.74) is -0.841. The lowest BCUT2D eigenvalue weighted by Gasteiger charge is -2.22. The second-order valence-electron chi connectivity index (χ2n) is 3.06. The Hall–Kier alpha value is -1.34. The summed E-state index contributed by atoms with van der Waals surface area (Å²) < 4.78 is 12.3. The van der Waals surface area contributed by atoms with Gasteiger partial charge in [-0.15, -0.1) is 0 Å². The van der Waals surface area contributed by atoms with Gasteiger partial charge in [0.1, 0.15) is 6.79 Å². The van der Waals surface area contributed by atoms with Crippen LogP contribution in [0.4, 0.5) is 0 Å². The second-order valence-corrected chi connectivity index (χ2v) is 3.06. The molecule has 2 heterocycles. The molecule has 1 aromatic heterocycles. The minimum Gasteiger partial charge on any atom is -0.355 e. The van der Waals surface area contributed by atoms with E-state index in [0.29, 0.717) is 13.0 Å². The molecule has 0 spiro atoms. The van der Waals surface area contributed by atoms with Gasteiger partial charge in [-0.2, -0.15) is 0 Å². The van der Waals surface area contributed by atoms with Crippen molar-refractivity contribution < 1.29 is 9.47 Å². The molecule has 2 rings (SSSR count). The Bertz CT molecular complexity index is 423. The zero-order chi connectivity index (χ0) is 10.1. The number of hydrogen-bond donors (Lipinski definition) is 1. The molecule has 0 aromatic carbocycles. The van der Waals surface area contributed by atoms with Gasteiger partial charge in [-0.1, -0.05) is 0 Å². The number of H-pyrrole nitrogens is 1. The molecule has 1 fully saturated rings. The first-order chi connectivity index (χ1) is 6.70. The van der Waals surface area contributed by atoms with E-state index < -0.39 is 17.6 Å². The Morgan fingerprint density at radius 3 is 2.79 bits per heavy atom. The van der Waals surface area contributed by atoms with Crippen molar-refractivity contribution in [1.29, 1.82) is 0 Å². The van der Waals surface area contributed by atoms with E-state index in [9.17, 15) is 9.59 Å². The van der Waals surface area contributed by atoms with Gasteiger partial charge < -0.3 is 9.47 Å². The number of aromatic nitrogens is 3. The molecule has 78 valence electrons. The zero-order valence-electron chi connectivity index (χ0n) is 7.73. The van der Waals surface area contributed by atoms with Gasteiger partial charge in [-0.25, -0.2) is 23.9 Å². The van der Waals surface area contributed by atoms with Crippen LogP contribution in [-0.4, -0.2) is 27.7 Å². The molecule has 0 bridgehead atoms. The molecule has 7 heteroatoms. The van der Waals surface area contributed by atoms with Gasteiger partial charge in [-0.05, 0) is 0 Å². The minimum absolute atomic E-state index is 0.147. The molecular weight excluding hydrogens is 190 g/mol. The molecule has 0 unspecified atom stereocenters. The third-order valence-corrected chi connectivity index (χ3v) is 2.15. The van der Waals surface area contributed by atoms with Crippen LogP contribution in [0.2, 0.25) is 0 Å². The van der Waals surface area contributed by atoms with Gasteiger partial charge in [0, 0.05) is 13.5 Å². The highest BCUT2D eigenvalue weighted by Crippen LogP contribution is 2.13. The average Bonchev–Trinajstić information content (AvgIpc) is 2.47. The summed E-state index contributed by atoms with van der Waals surface area (Å²) in [4.78, 5) is 22.6. The highest BCUT2D eigenvalue weighted by Gasteiger charge is 2.19. The van der Waals surface area contributed by atoms with Gasteiger partial charge in [0.2, 0.25) is 0 Å². The summed E-state index contributed by atoms with van der Waals surface area (Å²) in [6, 6.07) is 0. The van der Waals surface area contributed by atoms with Crippen LogP contribution in [0, 0.1) is 0 Å². The Morgan fingerprint density at radius 2 is 2.29 bits per heavy atom. The molecule has 14 heavy (non-hydrogen) atoms. The molecule has 0 amide bonds. The summed E-state index contributed by atoms with van der Waals surface area (Å²) in [7, 11) is 1.41. The smallest absolute Gasteiger partial charge is 0.349 e. The monoisotopic (exact) mass is 201 g/mol. The van der Waals surface area contributed by atoms with E-state index in [2.05, 4.69) is 5.10 Å². The van der Waals surface area contributed by atoms with Crippen molar-refractivity contribution in [2.75, 3.05) is 13.4 Å². The molecule has 1 aliphatic rings. The Kier molecular flexibility index (Phi) is 2.26. The normalized spacial score (nSPS) is 22.5. The molecule has 0 aliphatic carbocycles. The van der Waals surface area contributed by atoms with Crippen LogP contribution in [-0.2, 0) is 16.5 Å². The van der Waals surface area contributed by atoms with Crippen molar-refractivity contribution in [3.05, 3.63) is 21.0 Å². The van der Waals surface area contributed by atoms with Crippen molar-refractivity contribution >= 4 is 0 Å². The summed E-state index contributed by atoms with van der Waals surface area (Å²) in [5.74, 6) is 0. The molecule has 0 radical (unpaired) electrons. The number of aromatic amines is 1. The molecule has 1 aromatic rings. The van der Waals surface area contributed by atoms with Gasteiger partial charge >= 0.3 is 11.4 Å². The number of rotatable bonds is 1. The van der Waals surface area contributed by atoms with E-state index in [1.165, 1.54) is 11.7 Å². The standard InChI is InChI=1S/C7H11N3O4/c1-9-6(11)8-10(7(9)12)5-2-3-13-4-14-5/h5H,2-4H2,1H3,(H,8,11)/t5-/m0/s1. The second kappa shape index (κ2) is 3.43. The van der Waals surface area contributed by atoms with Crippen molar-refractivity contribution in [3.8, 4) is 0 Å². The van der Waals surface area contributed by atoms with Crippen LogP contribution in [0.15, 0.2) is 9.59 Å². The molecule has 1 saturated heterocycles. The Labute approximate surface area is 78.8 Å². The largest absolute Gasteiger partial charge is 0.355 e. The predicted molar refractivity (Wildman–Crippen MR) is 45.9 cm³/mol. The first-order valence-electron chi connectivity index (χ1n) is 4.27. The lowest BCUT2D eigenvalue weighted by molar-refractivity contribution is -0.170.